The predicted molar refractivity (Wildman–Crippen MR) is 94.8 cm³/mol. The molecular formula is C21H32O2. The molecule has 2 saturated carbocycles. The highest BCUT2D eigenvalue weighted by Crippen LogP contribution is 2.62. The summed E-state index contributed by atoms with van der Waals surface area (Å²) in [6.45, 7) is 8.62. The van der Waals surface area contributed by atoms with Gasteiger partial charge in [-0.1, -0.05) is 33.8 Å². The van der Waals surface area contributed by atoms with Crippen molar-refractivity contribution in [1.82, 2.24) is 0 Å². The van der Waals surface area contributed by atoms with Gasteiger partial charge in [0, 0.05) is 0 Å². The lowest BCUT2D eigenvalue weighted by molar-refractivity contribution is -0.0245. The topological polar surface area (TPSA) is 40.5 Å². The molecule has 0 bridgehead atoms. The molecular weight excluding hydrogens is 284 g/mol. The van der Waals surface area contributed by atoms with Gasteiger partial charge in [0.05, 0.1) is 6.10 Å². The number of benzene rings is 1. The Labute approximate surface area is 140 Å². The molecule has 0 aliphatic heterocycles. The van der Waals surface area contributed by atoms with Crippen molar-refractivity contribution in [3.63, 3.8) is 0 Å². The molecule has 0 saturated heterocycles. The first-order valence-electron chi connectivity index (χ1n) is 9.51. The molecule has 2 N–H and O–H groups in total. The lowest BCUT2D eigenvalue weighted by Gasteiger charge is -2.51. The minimum Gasteiger partial charge on any atom is -0.508 e. The van der Waals surface area contributed by atoms with Crippen LogP contribution in [0.2, 0.25) is 0 Å². The van der Waals surface area contributed by atoms with E-state index in [2.05, 4.69) is 19.9 Å². The van der Waals surface area contributed by atoms with E-state index in [0.717, 1.165) is 12.8 Å². The molecule has 1 aromatic carbocycles. The molecule has 2 fully saturated rings. The second kappa shape index (κ2) is 6.12. The molecule has 6 unspecified atom stereocenters. The first-order valence-corrected chi connectivity index (χ1v) is 9.51. The standard InChI is InChI=1S/C19H26O2.C2H6/c1-11-9-16-14(13-4-3-12(20)10-15(11)13)7-8-19(2)17(16)5-6-18(19)21;1-2/h3-4,10-11,14,16-18,20-21H,5-9H2,1-2H3;1-2H3. The van der Waals surface area contributed by atoms with Gasteiger partial charge in [0.2, 0.25) is 0 Å². The van der Waals surface area contributed by atoms with Crippen molar-refractivity contribution in [2.75, 3.05) is 0 Å². The second-order valence-corrected chi connectivity index (χ2v) is 7.96. The maximum absolute atomic E-state index is 10.4. The molecule has 0 heterocycles. The van der Waals surface area contributed by atoms with Crippen LogP contribution in [-0.2, 0) is 0 Å². The number of aliphatic hydroxyl groups is 1. The second-order valence-electron chi connectivity index (χ2n) is 7.96. The van der Waals surface area contributed by atoms with Gasteiger partial charge in [-0.15, -0.1) is 0 Å². The average molecular weight is 316 g/mol. The van der Waals surface area contributed by atoms with E-state index >= 15 is 0 Å². The highest BCUT2D eigenvalue weighted by Gasteiger charge is 2.54. The van der Waals surface area contributed by atoms with Gasteiger partial charge in [-0.2, -0.15) is 0 Å². The first-order chi connectivity index (χ1) is 11.0. The zero-order valence-electron chi connectivity index (χ0n) is 15.0. The summed E-state index contributed by atoms with van der Waals surface area (Å²) in [5.41, 5.74) is 2.98. The van der Waals surface area contributed by atoms with Gasteiger partial charge in [-0.3, -0.25) is 0 Å². The minimum atomic E-state index is -0.0972. The molecule has 3 aliphatic rings. The molecule has 0 amide bonds. The Morgan fingerprint density at radius 1 is 1.09 bits per heavy atom. The van der Waals surface area contributed by atoms with Gasteiger partial charge in [-0.25, -0.2) is 0 Å². The molecule has 128 valence electrons. The van der Waals surface area contributed by atoms with Gasteiger partial charge >= 0.3 is 0 Å². The van der Waals surface area contributed by atoms with E-state index in [-0.39, 0.29) is 11.5 Å². The zero-order chi connectivity index (χ0) is 16.8. The molecule has 3 aliphatic carbocycles. The zero-order valence-corrected chi connectivity index (χ0v) is 15.0. The van der Waals surface area contributed by atoms with E-state index in [1.165, 1.54) is 30.4 Å². The summed E-state index contributed by atoms with van der Waals surface area (Å²) in [5, 5.41) is 20.2. The minimum absolute atomic E-state index is 0.0972. The number of fused-ring (bicyclic) bond motifs is 5. The lowest BCUT2D eigenvalue weighted by atomic mass is 9.54. The number of aromatic hydroxyl groups is 1. The maximum Gasteiger partial charge on any atom is 0.115 e. The number of aliphatic hydroxyl groups excluding tert-OH is 1. The molecule has 6 atom stereocenters. The number of phenolic OH excluding ortho intramolecular Hbond substituents is 1. The van der Waals surface area contributed by atoms with E-state index in [0.29, 0.717) is 29.4 Å². The van der Waals surface area contributed by atoms with Crippen molar-refractivity contribution in [3.05, 3.63) is 29.3 Å². The Kier molecular flexibility index (Phi) is 4.48. The molecule has 23 heavy (non-hydrogen) atoms. The maximum atomic E-state index is 10.4. The Bertz CT molecular complexity index is 567. The molecule has 0 aromatic heterocycles. The van der Waals surface area contributed by atoms with Crippen LogP contribution in [0.15, 0.2) is 18.2 Å². The van der Waals surface area contributed by atoms with Crippen LogP contribution in [0.1, 0.15) is 82.8 Å². The van der Waals surface area contributed by atoms with Crippen molar-refractivity contribution >= 4 is 0 Å². The van der Waals surface area contributed by atoms with E-state index < -0.39 is 0 Å². The van der Waals surface area contributed by atoms with E-state index in [1.54, 1.807) is 0 Å². The fourth-order valence-electron chi connectivity index (χ4n) is 5.84. The molecule has 2 nitrogen and oxygen atoms in total. The van der Waals surface area contributed by atoms with Crippen LogP contribution in [0, 0.1) is 17.3 Å². The van der Waals surface area contributed by atoms with E-state index in [9.17, 15) is 10.2 Å². The fraction of sp³-hybridized carbons (Fsp3) is 0.714. The number of hydrogen-bond donors (Lipinski definition) is 2. The lowest BCUT2D eigenvalue weighted by Crippen LogP contribution is -2.44. The Morgan fingerprint density at radius 2 is 1.83 bits per heavy atom. The Hall–Kier alpha value is -1.02. The van der Waals surface area contributed by atoms with E-state index in [1.807, 2.05) is 26.0 Å². The van der Waals surface area contributed by atoms with Gasteiger partial charge in [0.15, 0.2) is 0 Å². The third-order valence-corrected chi connectivity index (χ3v) is 7.01. The fourth-order valence-corrected chi connectivity index (χ4v) is 5.84. The van der Waals surface area contributed by atoms with Crippen molar-refractivity contribution in [1.29, 1.82) is 0 Å². The molecule has 0 spiro atoms. The normalized spacial score (nSPS) is 41.2. The molecule has 1 aromatic rings. The number of hydrogen-bond acceptors (Lipinski definition) is 2. The van der Waals surface area contributed by atoms with Gasteiger partial charge in [0.1, 0.15) is 5.75 Å². The van der Waals surface area contributed by atoms with Crippen LogP contribution in [-0.4, -0.2) is 16.3 Å². The van der Waals surface area contributed by atoms with Crippen LogP contribution >= 0.6 is 0 Å². The number of phenols is 1. The molecule has 2 heteroatoms. The summed E-state index contributed by atoms with van der Waals surface area (Å²) in [5.74, 6) is 2.95. The summed E-state index contributed by atoms with van der Waals surface area (Å²) in [6, 6.07) is 5.99. The summed E-state index contributed by atoms with van der Waals surface area (Å²) in [6.07, 6.45) is 5.64. The third kappa shape index (κ3) is 2.50. The summed E-state index contributed by atoms with van der Waals surface area (Å²) in [4.78, 5) is 0. The Balaban J connectivity index is 0.000000753. The van der Waals surface area contributed by atoms with Crippen molar-refractivity contribution in [3.8, 4) is 5.75 Å². The van der Waals surface area contributed by atoms with Crippen molar-refractivity contribution < 1.29 is 10.2 Å². The summed E-state index contributed by atoms with van der Waals surface area (Å²) >= 11 is 0. The van der Waals surface area contributed by atoms with Crippen LogP contribution in [0.4, 0.5) is 0 Å². The largest absolute Gasteiger partial charge is 0.508 e. The van der Waals surface area contributed by atoms with Crippen LogP contribution < -0.4 is 0 Å². The van der Waals surface area contributed by atoms with Crippen LogP contribution in [0.3, 0.4) is 0 Å². The Morgan fingerprint density at radius 3 is 2.57 bits per heavy atom. The number of rotatable bonds is 0. The monoisotopic (exact) mass is 316 g/mol. The molecule has 4 rings (SSSR count). The summed E-state index contributed by atoms with van der Waals surface area (Å²) < 4.78 is 0. The van der Waals surface area contributed by atoms with E-state index in [4.69, 9.17) is 0 Å². The quantitative estimate of drug-likeness (QED) is 0.691. The van der Waals surface area contributed by atoms with Crippen molar-refractivity contribution in [2.24, 2.45) is 17.3 Å². The summed E-state index contributed by atoms with van der Waals surface area (Å²) in [7, 11) is 0. The predicted octanol–water partition coefficient (Wildman–Crippen LogP) is 5.20. The SMILES string of the molecule is CC.CC1CC2C(CCC3(C)C(O)CCC23)c2ccc(O)cc21. The average Bonchev–Trinajstić information content (AvgIpc) is 2.86. The first kappa shape index (κ1) is 16.8. The van der Waals surface area contributed by atoms with Crippen molar-refractivity contribution in [2.45, 2.75) is 77.7 Å². The molecule has 0 radical (unpaired) electrons. The smallest absolute Gasteiger partial charge is 0.115 e. The highest BCUT2D eigenvalue weighted by atomic mass is 16.3. The van der Waals surface area contributed by atoms with Gasteiger partial charge in [-0.05, 0) is 84.5 Å². The van der Waals surface area contributed by atoms with Crippen LogP contribution in [0.5, 0.6) is 5.75 Å². The van der Waals surface area contributed by atoms with Gasteiger partial charge < -0.3 is 10.2 Å². The van der Waals surface area contributed by atoms with Crippen LogP contribution in [0.25, 0.3) is 0 Å². The van der Waals surface area contributed by atoms with Gasteiger partial charge in [0.25, 0.3) is 0 Å². The third-order valence-electron chi connectivity index (χ3n) is 7.01. The highest BCUT2D eigenvalue weighted by molar-refractivity contribution is 5.42.